The molecule has 1 atom stereocenters. The number of aryl methyl sites for hydroxylation is 3. The third-order valence-electron chi connectivity index (χ3n) is 6.90. The van der Waals surface area contributed by atoms with Crippen LogP contribution in [-0.4, -0.2) is 52.6 Å². The van der Waals surface area contributed by atoms with Crippen LogP contribution in [0.15, 0.2) is 47.3 Å². The number of hydrogen-bond donors (Lipinski definition) is 1. The fourth-order valence-electron chi connectivity index (χ4n) is 4.93. The number of hydrogen-bond acceptors (Lipinski definition) is 6. The highest BCUT2D eigenvalue weighted by atomic mass is 16.5. The molecule has 0 aliphatic carbocycles. The van der Waals surface area contributed by atoms with E-state index in [2.05, 4.69) is 39.5 Å². The van der Waals surface area contributed by atoms with Gasteiger partial charge in [0.05, 0.1) is 24.1 Å². The molecule has 0 saturated carbocycles. The second-order valence-electron chi connectivity index (χ2n) is 9.36. The average Bonchev–Trinajstić information content (AvgIpc) is 2.86. The first kappa shape index (κ1) is 23.4. The Morgan fingerprint density at radius 3 is 2.40 bits per heavy atom. The van der Waals surface area contributed by atoms with Gasteiger partial charge in [-0.1, -0.05) is 30.3 Å². The Kier molecular flexibility index (Phi) is 6.74. The molecule has 8 nitrogen and oxygen atoms in total. The summed E-state index contributed by atoms with van der Waals surface area (Å²) in [5.74, 6) is -0.273. The number of nitrogens with one attached hydrogen (secondary N) is 1. The van der Waals surface area contributed by atoms with Gasteiger partial charge in [0.25, 0.3) is 5.56 Å². The van der Waals surface area contributed by atoms with Crippen LogP contribution in [0.25, 0.3) is 10.9 Å². The zero-order chi connectivity index (χ0) is 24.4. The molecule has 0 spiro atoms. The quantitative estimate of drug-likeness (QED) is 0.551. The van der Waals surface area contributed by atoms with Crippen LogP contribution in [0.1, 0.15) is 41.4 Å². The zero-order valence-corrected chi connectivity index (χ0v) is 20.0. The van der Waals surface area contributed by atoms with Gasteiger partial charge in [0.2, 0.25) is 11.8 Å². The van der Waals surface area contributed by atoms with E-state index in [1.807, 2.05) is 18.2 Å². The van der Waals surface area contributed by atoms with E-state index >= 15 is 0 Å². The van der Waals surface area contributed by atoms with E-state index in [1.54, 1.807) is 6.92 Å². The molecular formula is C27H30N4O4. The molecule has 1 N–H and O–H groups in total. The van der Waals surface area contributed by atoms with Gasteiger partial charge in [0.1, 0.15) is 11.9 Å². The molecule has 1 unspecified atom stereocenters. The number of imide groups is 1. The summed E-state index contributed by atoms with van der Waals surface area (Å²) < 4.78 is 6.85. The number of nitrogens with zero attached hydrogens (tertiary/aromatic N) is 3. The molecule has 2 aliphatic rings. The van der Waals surface area contributed by atoms with Gasteiger partial charge < -0.3 is 4.74 Å². The fraction of sp³-hybridized carbons (Fsp3) is 0.407. The first-order valence-corrected chi connectivity index (χ1v) is 12.2. The summed E-state index contributed by atoms with van der Waals surface area (Å²) in [6.07, 6.45) is 2.18. The molecule has 0 radical (unpaired) electrons. The maximum Gasteiger partial charge on any atom is 0.262 e. The molecule has 0 bridgehead atoms. The molecule has 35 heavy (non-hydrogen) atoms. The first-order chi connectivity index (χ1) is 17.0. The van der Waals surface area contributed by atoms with Crippen molar-refractivity contribution >= 4 is 22.7 Å². The number of carbonyl (C=O) groups excluding carboxylic acids is 2. The maximum absolute atomic E-state index is 13.3. The highest BCUT2D eigenvalue weighted by Gasteiger charge is 2.30. The number of aromatic nitrogens is 2. The number of piperidine rings is 1. The second kappa shape index (κ2) is 10.1. The van der Waals surface area contributed by atoms with Crippen molar-refractivity contribution in [2.45, 2.75) is 45.2 Å². The Balaban J connectivity index is 1.30. The summed E-state index contributed by atoms with van der Waals surface area (Å²) in [5.41, 5.74) is 3.98. The number of morpholine rings is 1. The Labute approximate surface area is 203 Å². The molecule has 2 aromatic carbocycles. The van der Waals surface area contributed by atoms with Crippen LogP contribution < -0.4 is 10.9 Å². The molecule has 8 heteroatoms. The lowest BCUT2D eigenvalue weighted by Crippen LogP contribution is -2.45. The SMILES string of the molecule is Cc1nc2ccc(CCc3ccc(CN4CCOCC4)cc3)cc2c(=O)n1C1CCC(=O)NC1=O. The first-order valence-electron chi connectivity index (χ1n) is 12.2. The van der Waals surface area contributed by atoms with E-state index < -0.39 is 11.9 Å². The summed E-state index contributed by atoms with van der Waals surface area (Å²) in [5, 5.41) is 2.83. The summed E-state index contributed by atoms with van der Waals surface area (Å²) in [6, 6.07) is 13.8. The van der Waals surface area contributed by atoms with Gasteiger partial charge in [0.15, 0.2) is 0 Å². The van der Waals surface area contributed by atoms with Crippen molar-refractivity contribution < 1.29 is 14.3 Å². The Morgan fingerprint density at radius 2 is 1.66 bits per heavy atom. The van der Waals surface area contributed by atoms with E-state index in [9.17, 15) is 14.4 Å². The van der Waals surface area contributed by atoms with Gasteiger partial charge in [-0.15, -0.1) is 0 Å². The number of benzene rings is 2. The van der Waals surface area contributed by atoms with Crippen LogP contribution in [0.2, 0.25) is 0 Å². The fourth-order valence-corrected chi connectivity index (χ4v) is 4.93. The standard InChI is InChI=1S/C27H30N4O4/c1-18-28-23-9-8-20(16-22(23)27(34)31(18)24-10-11-25(32)29-26(24)33)5-2-19-3-6-21(7-4-19)17-30-12-14-35-15-13-30/h3-4,6-9,16,24H,2,5,10-15,17H2,1H3,(H,29,32,33). The highest BCUT2D eigenvalue weighted by Crippen LogP contribution is 2.21. The summed E-state index contributed by atoms with van der Waals surface area (Å²) >= 11 is 0. The van der Waals surface area contributed by atoms with Gasteiger partial charge in [-0.2, -0.15) is 0 Å². The minimum Gasteiger partial charge on any atom is -0.379 e. The summed E-state index contributed by atoms with van der Waals surface area (Å²) in [6.45, 7) is 6.23. The van der Waals surface area contributed by atoms with Gasteiger partial charge >= 0.3 is 0 Å². The molecule has 5 rings (SSSR count). The molecule has 2 saturated heterocycles. The lowest BCUT2D eigenvalue weighted by molar-refractivity contribution is -0.135. The number of fused-ring (bicyclic) bond motifs is 1. The lowest BCUT2D eigenvalue weighted by Gasteiger charge is -2.26. The van der Waals surface area contributed by atoms with Crippen molar-refractivity contribution in [1.29, 1.82) is 0 Å². The number of rotatable bonds is 6. The van der Waals surface area contributed by atoms with Crippen molar-refractivity contribution in [1.82, 2.24) is 19.8 Å². The monoisotopic (exact) mass is 474 g/mol. The van der Waals surface area contributed by atoms with Crippen LogP contribution in [0, 0.1) is 6.92 Å². The van der Waals surface area contributed by atoms with Crippen molar-refractivity contribution in [3.63, 3.8) is 0 Å². The van der Waals surface area contributed by atoms with Crippen LogP contribution in [0.4, 0.5) is 0 Å². The van der Waals surface area contributed by atoms with Crippen LogP contribution >= 0.6 is 0 Å². The van der Waals surface area contributed by atoms with E-state index in [4.69, 9.17) is 4.74 Å². The lowest BCUT2D eigenvalue weighted by atomic mass is 10.0. The molecule has 2 amide bonds. The van der Waals surface area contributed by atoms with Crippen LogP contribution in [0.5, 0.6) is 0 Å². The normalized spacial score (nSPS) is 19.2. The molecule has 182 valence electrons. The molecule has 2 aliphatic heterocycles. The Hall–Kier alpha value is -3.36. The molecule has 2 fully saturated rings. The van der Waals surface area contributed by atoms with Gasteiger partial charge in [-0.05, 0) is 55.0 Å². The van der Waals surface area contributed by atoms with Crippen molar-refractivity contribution in [3.8, 4) is 0 Å². The van der Waals surface area contributed by atoms with Gasteiger partial charge in [-0.25, -0.2) is 4.98 Å². The van der Waals surface area contributed by atoms with E-state index in [-0.39, 0.29) is 17.9 Å². The third-order valence-corrected chi connectivity index (χ3v) is 6.90. The summed E-state index contributed by atoms with van der Waals surface area (Å²) in [4.78, 5) is 44.2. The Bertz CT molecular complexity index is 1310. The van der Waals surface area contributed by atoms with Crippen LogP contribution in [0.3, 0.4) is 0 Å². The predicted molar refractivity (Wildman–Crippen MR) is 132 cm³/mol. The maximum atomic E-state index is 13.3. The molecule has 3 aromatic rings. The van der Waals surface area contributed by atoms with Gasteiger partial charge in [-0.3, -0.25) is 29.2 Å². The topological polar surface area (TPSA) is 93.5 Å². The smallest absolute Gasteiger partial charge is 0.262 e. The third kappa shape index (κ3) is 5.18. The Morgan fingerprint density at radius 1 is 0.971 bits per heavy atom. The predicted octanol–water partition coefficient (Wildman–Crippen LogP) is 2.30. The van der Waals surface area contributed by atoms with Crippen molar-refractivity contribution in [2.75, 3.05) is 26.3 Å². The largest absolute Gasteiger partial charge is 0.379 e. The van der Waals surface area contributed by atoms with E-state index in [1.165, 1.54) is 15.7 Å². The average molecular weight is 475 g/mol. The van der Waals surface area contributed by atoms with E-state index in [0.717, 1.165) is 51.3 Å². The molecule has 1 aromatic heterocycles. The van der Waals surface area contributed by atoms with E-state index in [0.29, 0.717) is 23.1 Å². The van der Waals surface area contributed by atoms with Crippen molar-refractivity contribution in [2.24, 2.45) is 0 Å². The van der Waals surface area contributed by atoms with Crippen molar-refractivity contribution in [3.05, 3.63) is 75.3 Å². The second-order valence-corrected chi connectivity index (χ2v) is 9.36. The zero-order valence-electron chi connectivity index (χ0n) is 20.0. The minimum absolute atomic E-state index is 0.214. The highest BCUT2D eigenvalue weighted by molar-refractivity contribution is 5.99. The molecule has 3 heterocycles. The summed E-state index contributed by atoms with van der Waals surface area (Å²) in [7, 11) is 0. The number of carbonyl (C=O) groups is 2. The van der Waals surface area contributed by atoms with Gasteiger partial charge in [0, 0.05) is 26.1 Å². The number of amides is 2. The number of ether oxygens (including phenoxy) is 1. The molecular weight excluding hydrogens is 444 g/mol. The minimum atomic E-state index is -0.711. The van der Waals surface area contributed by atoms with Crippen LogP contribution in [-0.2, 0) is 33.7 Å².